The normalized spacial score (nSPS) is 20.2. The molecule has 4 aromatic rings. The predicted molar refractivity (Wildman–Crippen MR) is 177 cm³/mol. The van der Waals surface area contributed by atoms with E-state index < -0.39 is 17.4 Å². The molecular formula is C35H36FN7O3. The monoisotopic (exact) mass is 621 g/mol. The number of H-pyrrole nitrogens is 1. The van der Waals surface area contributed by atoms with Crippen LogP contribution in [0, 0.1) is 12.7 Å². The predicted octanol–water partition coefficient (Wildman–Crippen LogP) is 2.84. The number of piperazine rings is 1. The van der Waals surface area contributed by atoms with E-state index in [1.807, 2.05) is 56.7 Å². The maximum Gasteiger partial charge on any atom is 0.282 e. The van der Waals surface area contributed by atoms with Gasteiger partial charge in [0.05, 0.1) is 28.5 Å². The van der Waals surface area contributed by atoms with Gasteiger partial charge in [0, 0.05) is 55.9 Å². The van der Waals surface area contributed by atoms with Crippen molar-refractivity contribution in [3.8, 4) is 5.69 Å². The van der Waals surface area contributed by atoms with E-state index in [-0.39, 0.29) is 40.4 Å². The molecule has 0 radical (unpaired) electrons. The Morgan fingerprint density at radius 1 is 1.11 bits per heavy atom. The van der Waals surface area contributed by atoms with Gasteiger partial charge in [0.15, 0.2) is 0 Å². The lowest BCUT2D eigenvalue weighted by molar-refractivity contribution is -0.128. The molecule has 0 saturated carbocycles. The topological polar surface area (TPSA) is 107 Å². The van der Waals surface area contributed by atoms with Crippen LogP contribution in [0.3, 0.4) is 0 Å². The van der Waals surface area contributed by atoms with Crippen LogP contribution >= 0.6 is 0 Å². The minimum absolute atomic E-state index is 0.00201. The van der Waals surface area contributed by atoms with Crippen LogP contribution < -0.4 is 31.6 Å². The molecule has 1 amide bonds. The summed E-state index contributed by atoms with van der Waals surface area (Å²) in [6.07, 6.45) is 6.49. The number of likely N-dealkylation sites (N-methyl/N-ethyl adjacent to an activating group) is 1. The Bertz CT molecular complexity index is 2210. The van der Waals surface area contributed by atoms with Gasteiger partial charge in [-0.15, -0.1) is 0 Å². The summed E-state index contributed by atoms with van der Waals surface area (Å²) in [6, 6.07) is 5.43. The Hall–Kier alpha value is -5.06. The van der Waals surface area contributed by atoms with Crippen molar-refractivity contribution in [2.45, 2.75) is 51.7 Å². The van der Waals surface area contributed by atoms with Crippen molar-refractivity contribution in [3.05, 3.63) is 103 Å². The van der Waals surface area contributed by atoms with Gasteiger partial charge in [-0.25, -0.2) is 4.39 Å². The zero-order valence-corrected chi connectivity index (χ0v) is 26.5. The Balaban J connectivity index is 1.57. The highest BCUT2D eigenvalue weighted by molar-refractivity contribution is 5.88. The van der Waals surface area contributed by atoms with Gasteiger partial charge in [-0.1, -0.05) is 26.5 Å². The molecule has 7 rings (SSSR count). The fraction of sp³-hybridized carbons (Fsp3) is 0.343. The Morgan fingerprint density at radius 2 is 1.89 bits per heavy atom. The van der Waals surface area contributed by atoms with E-state index in [0.717, 1.165) is 11.3 Å². The molecule has 1 unspecified atom stereocenters. The Morgan fingerprint density at radius 3 is 2.63 bits per heavy atom. The van der Waals surface area contributed by atoms with Crippen LogP contribution in [0.1, 0.15) is 49.6 Å². The van der Waals surface area contributed by atoms with E-state index in [1.165, 1.54) is 18.3 Å². The number of hydrogen-bond donors (Lipinski definition) is 1. The number of rotatable bonds is 4. The third kappa shape index (κ3) is 4.32. The van der Waals surface area contributed by atoms with Crippen molar-refractivity contribution in [3.63, 3.8) is 0 Å². The molecular weight excluding hydrogens is 585 g/mol. The number of carbonyl (C=O) groups excluding carboxylic acids is 1. The van der Waals surface area contributed by atoms with Crippen LogP contribution in [0.15, 0.2) is 63.9 Å². The highest BCUT2D eigenvalue weighted by atomic mass is 19.1. The van der Waals surface area contributed by atoms with Crippen molar-refractivity contribution in [1.29, 1.82) is 0 Å². The van der Waals surface area contributed by atoms with Crippen LogP contribution in [-0.4, -0.2) is 64.1 Å². The molecule has 3 atom stereocenters. The van der Waals surface area contributed by atoms with Crippen molar-refractivity contribution in [2.75, 3.05) is 36.5 Å². The number of aromatic amines is 1. The molecule has 1 saturated heterocycles. The van der Waals surface area contributed by atoms with Gasteiger partial charge < -0.3 is 19.7 Å². The van der Waals surface area contributed by atoms with Crippen LogP contribution in [0.5, 0.6) is 0 Å². The summed E-state index contributed by atoms with van der Waals surface area (Å²) in [5.41, 5.74) is 3.36. The molecule has 0 aliphatic carbocycles. The molecule has 3 aliphatic rings. The van der Waals surface area contributed by atoms with Crippen molar-refractivity contribution >= 4 is 34.1 Å². The highest BCUT2D eigenvalue weighted by Crippen LogP contribution is 2.36. The number of halogens is 1. The van der Waals surface area contributed by atoms with Crippen molar-refractivity contribution in [1.82, 2.24) is 19.4 Å². The summed E-state index contributed by atoms with van der Waals surface area (Å²) in [7, 11) is 1.89. The van der Waals surface area contributed by atoms with E-state index in [2.05, 4.69) is 21.4 Å². The number of pyridine rings is 3. The summed E-state index contributed by atoms with van der Waals surface area (Å²) in [6.45, 7) is 13.1. The van der Waals surface area contributed by atoms with Crippen LogP contribution in [0.4, 0.5) is 15.8 Å². The second kappa shape index (κ2) is 10.8. The molecule has 3 aromatic heterocycles. The first-order valence-electron chi connectivity index (χ1n) is 15.6. The number of anilines is 2. The van der Waals surface area contributed by atoms with Gasteiger partial charge in [0.25, 0.3) is 11.1 Å². The largest absolute Gasteiger partial charge is 0.366 e. The fourth-order valence-electron chi connectivity index (χ4n) is 7.41. The zero-order chi connectivity index (χ0) is 32.6. The standard InChI is InChI=1S/C35H36FN7O3/c1-7-26(44)41-17-22-16-40(6)32-31(42(22)15-20(41)5)23-14-25(28-24(36)9-8-21-11-13-38-34(45)27(21)28)39-33(23)43(35(32)46)30-19(4)10-12-37-29(30)18(2)3/h7-14,18,20,22,25H,1,15-17H2,2-6H3,(H,38,45)/t20-,22+,25?/m1/s1. The minimum atomic E-state index is -0.870. The molecule has 1 aromatic carbocycles. The second-order valence-electron chi connectivity index (χ2n) is 12.8. The maximum atomic E-state index is 15.8. The Kier molecular flexibility index (Phi) is 6.95. The third-order valence-electron chi connectivity index (χ3n) is 9.53. The van der Waals surface area contributed by atoms with Crippen molar-refractivity contribution < 1.29 is 9.18 Å². The fourth-order valence-corrected chi connectivity index (χ4v) is 7.41. The summed E-state index contributed by atoms with van der Waals surface area (Å²) in [5, 5.41) is 1.51. The van der Waals surface area contributed by atoms with Gasteiger partial charge in [0.2, 0.25) is 5.91 Å². The molecule has 0 bridgehead atoms. The lowest BCUT2D eigenvalue weighted by Gasteiger charge is -2.51. The van der Waals surface area contributed by atoms with Gasteiger partial charge in [-0.05, 0) is 61.1 Å². The van der Waals surface area contributed by atoms with E-state index >= 15 is 4.39 Å². The molecule has 46 heavy (non-hydrogen) atoms. The first-order chi connectivity index (χ1) is 22.0. The number of aromatic nitrogens is 3. The first kappa shape index (κ1) is 29.6. The Labute approximate surface area is 264 Å². The molecule has 0 spiro atoms. The lowest BCUT2D eigenvalue weighted by Crippen LogP contribution is -2.66. The number of fused-ring (bicyclic) bond motifs is 6. The lowest BCUT2D eigenvalue weighted by atomic mass is 9.98. The molecule has 3 aliphatic heterocycles. The van der Waals surface area contributed by atoms with E-state index in [9.17, 15) is 14.4 Å². The van der Waals surface area contributed by atoms with Crippen LogP contribution in [0.25, 0.3) is 22.5 Å². The molecule has 236 valence electrons. The van der Waals surface area contributed by atoms with Gasteiger partial charge in [0.1, 0.15) is 23.0 Å². The van der Waals surface area contributed by atoms with Gasteiger partial charge >= 0.3 is 0 Å². The molecule has 11 heteroatoms. The molecule has 1 N–H and O–H groups in total. The summed E-state index contributed by atoms with van der Waals surface area (Å²) in [5.74, 6) is -0.680. The molecule has 6 heterocycles. The third-order valence-corrected chi connectivity index (χ3v) is 9.53. The quantitative estimate of drug-likeness (QED) is 0.352. The van der Waals surface area contributed by atoms with Crippen molar-refractivity contribution in [2.24, 2.45) is 4.99 Å². The summed E-state index contributed by atoms with van der Waals surface area (Å²) < 4.78 is 17.4. The van der Waals surface area contributed by atoms with E-state index in [0.29, 0.717) is 52.8 Å². The first-order valence-corrected chi connectivity index (χ1v) is 15.6. The smallest absolute Gasteiger partial charge is 0.282 e. The zero-order valence-electron chi connectivity index (χ0n) is 26.5. The molecule has 10 nitrogen and oxygen atoms in total. The summed E-state index contributed by atoms with van der Waals surface area (Å²) in [4.78, 5) is 59.1. The van der Waals surface area contributed by atoms with Gasteiger partial charge in [-0.2, -0.15) is 0 Å². The minimum Gasteiger partial charge on any atom is -0.366 e. The highest BCUT2D eigenvalue weighted by Gasteiger charge is 2.41. The number of amides is 1. The van der Waals surface area contributed by atoms with E-state index in [1.54, 1.807) is 22.9 Å². The number of nitrogens with zero attached hydrogens (tertiary/aromatic N) is 6. The SMILES string of the molecule is C=CC(=O)N1C[C@@H]2CN(C)c3c(c4c(n(-c5c(C)ccnc5C(C)C)c3=O)=NC(c3c(F)ccc5cc[nH]c(=O)c35)C=4)N2C[C@H]1C. The van der Waals surface area contributed by atoms with Gasteiger partial charge in [-0.3, -0.25) is 28.9 Å². The summed E-state index contributed by atoms with van der Waals surface area (Å²) >= 11 is 0. The number of carbonyl (C=O) groups is 1. The number of hydrogen-bond acceptors (Lipinski definition) is 7. The van der Waals surface area contributed by atoms with E-state index in [4.69, 9.17) is 4.99 Å². The number of aryl methyl sites for hydroxylation is 1. The maximum absolute atomic E-state index is 15.8. The van der Waals surface area contributed by atoms with Crippen LogP contribution in [0.2, 0.25) is 0 Å². The number of benzene rings is 1. The average molecular weight is 622 g/mol. The number of nitrogens with one attached hydrogen (secondary N) is 1. The van der Waals surface area contributed by atoms with Crippen LogP contribution in [-0.2, 0) is 4.79 Å². The molecule has 1 fully saturated rings. The average Bonchev–Trinajstić information content (AvgIpc) is 3.45. The second-order valence-corrected chi connectivity index (χ2v) is 12.8.